The van der Waals surface area contributed by atoms with Gasteiger partial charge in [-0.25, -0.2) is 4.79 Å². The van der Waals surface area contributed by atoms with Crippen molar-refractivity contribution in [3.05, 3.63) is 23.8 Å². The molecule has 0 aromatic heterocycles. The van der Waals surface area contributed by atoms with Gasteiger partial charge in [-0.3, -0.25) is 4.55 Å². The van der Waals surface area contributed by atoms with Gasteiger partial charge < -0.3 is 10.7 Å². The van der Waals surface area contributed by atoms with Gasteiger partial charge in [0.15, 0.2) is 5.75 Å². The Hall–Kier alpha value is -0.786. The molecule has 0 aliphatic carbocycles. The summed E-state index contributed by atoms with van der Waals surface area (Å²) in [6.07, 6.45) is 0. The van der Waals surface area contributed by atoms with Crippen LogP contribution in [0, 0.1) is 0 Å². The second-order valence-corrected chi connectivity index (χ2v) is 12.7. The molecule has 1 aromatic rings. The van der Waals surface area contributed by atoms with Gasteiger partial charge in [-0.15, -0.1) is 0 Å². The van der Waals surface area contributed by atoms with Crippen LogP contribution in [0.3, 0.4) is 0 Å². The van der Waals surface area contributed by atoms with Crippen molar-refractivity contribution in [2.75, 3.05) is 0 Å². The molecule has 9 heteroatoms. The van der Waals surface area contributed by atoms with E-state index in [4.69, 9.17) is 4.55 Å². The van der Waals surface area contributed by atoms with Crippen molar-refractivity contribution >= 4 is 29.6 Å². The molecule has 0 radical (unpaired) electrons. The number of carbonyl (C=O) groups is 1. The average molecular weight is 340 g/mol. The van der Waals surface area contributed by atoms with Crippen LogP contribution >= 0.6 is 0 Å². The van der Waals surface area contributed by atoms with Crippen molar-refractivity contribution in [2.24, 2.45) is 0 Å². The number of carboxylic acids is 1. The molecule has 0 heterocycles. The molecular weight excluding hydrogens is 319 g/mol. The maximum Gasteiger partial charge on any atom is 1.00 e. The Labute approximate surface area is 145 Å². The minimum absolute atomic E-state index is 0. The molecule has 0 atom stereocenters. The fourth-order valence-corrected chi connectivity index (χ4v) is 4.34. The topological polar surface area (TPSA) is 101 Å². The van der Waals surface area contributed by atoms with Gasteiger partial charge in [0, 0.05) is 0 Å². The zero-order valence-corrected chi connectivity index (χ0v) is 15.5. The van der Waals surface area contributed by atoms with E-state index in [1.165, 1.54) is 6.07 Å². The summed E-state index contributed by atoms with van der Waals surface area (Å²) >= 11 is 0. The first-order chi connectivity index (χ1) is 9.27. The standard InChI is InChI=1S/C13H20O6SSi.Li.H/c1-13(2,3)21(4,5)10-8-6-7-9(12(14)15)11(10)19-20(16,17)18;;/h6-8H,1-5H3,(H,14,15)(H,16,17,18);;/q;+1;-1. The Morgan fingerprint density at radius 1 is 1.27 bits per heavy atom. The van der Waals surface area contributed by atoms with Crippen LogP contribution in [0.1, 0.15) is 32.6 Å². The molecule has 0 aliphatic heterocycles. The van der Waals surface area contributed by atoms with E-state index in [0.717, 1.165) is 0 Å². The molecule has 0 saturated heterocycles. The van der Waals surface area contributed by atoms with Crippen LogP contribution in [0.5, 0.6) is 5.75 Å². The summed E-state index contributed by atoms with van der Waals surface area (Å²) in [6, 6.07) is 4.46. The van der Waals surface area contributed by atoms with Crippen LogP contribution < -0.4 is 28.2 Å². The van der Waals surface area contributed by atoms with Crippen molar-refractivity contribution in [1.82, 2.24) is 0 Å². The van der Waals surface area contributed by atoms with Crippen LogP contribution in [0.4, 0.5) is 0 Å². The molecular formula is C13H21LiO6SSi. The molecule has 0 amide bonds. The monoisotopic (exact) mass is 340 g/mol. The second-order valence-electron chi connectivity index (χ2n) is 6.37. The normalized spacial score (nSPS) is 12.5. The fraction of sp³-hybridized carbons (Fsp3) is 0.462. The number of rotatable bonds is 4. The van der Waals surface area contributed by atoms with Crippen LogP contribution in [0.2, 0.25) is 18.1 Å². The molecule has 22 heavy (non-hydrogen) atoms. The Morgan fingerprint density at radius 2 is 1.77 bits per heavy atom. The van der Waals surface area contributed by atoms with Crippen molar-refractivity contribution in [1.29, 1.82) is 0 Å². The molecule has 1 aromatic carbocycles. The summed E-state index contributed by atoms with van der Waals surface area (Å²) in [6.45, 7) is 9.99. The van der Waals surface area contributed by atoms with E-state index in [-0.39, 0.29) is 36.6 Å². The van der Waals surface area contributed by atoms with E-state index in [1.807, 2.05) is 33.9 Å². The SMILES string of the molecule is CC(C)(C)[Si](C)(C)c1cccc(C(=O)O)c1OS(=O)(=O)O.[H-].[Li+]. The van der Waals surface area contributed by atoms with E-state index >= 15 is 0 Å². The number of hydrogen-bond acceptors (Lipinski definition) is 4. The smallest absolute Gasteiger partial charge is 1.00 e. The van der Waals surface area contributed by atoms with Gasteiger partial charge in [-0.2, -0.15) is 8.42 Å². The zero-order valence-electron chi connectivity index (χ0n) is 14.7. The molecule has 1 rings (SSSR count). The van der Waals surface area contributed by atoms with Gasteiger partial charge in [0.1, 0.15) is 5.56 Å². The number of carboxylic acid groups (broad SMARTS) is 1. The maximum absolute atomic E-state index is 11.3. The number of aromatic carboxylic acids is 1. The Bertz CT molecular complexity index is 670. The summed E-state index contributed by atoms with van der Waals surface area (Å²) in [7, 11) is -7.07. The van der Waals surface area contributed by atoms with E-state index in [2.05, 4.69) is 4.18 Å². The Balaban J connectivity index is 0. The molecule has 0 spiro atoms. The summed E-state index contributed by atoms with van der Waals surface area (Å²) in [5.74, 6) is -1.60. The summed E-state index contributed by atoms with van der Waals surface area (Å²) < 4.78 is 35.7. The molecule has 2 N–H and O–H groups in total. The molecule has 120 valence electrons. The van der Waals surface area contributed by atoms with Gasteiger partial charge in [-0.1, -0.05) is 46.0 Å². The van der Waals surface area contributed by atoms with E-state index < -0.39 is 24.4 Å². The van der Waals surface area contributed by atoms with Gasteiger partial charge >= 0.3 is 35.2 Å². The van der Waals surface area contributed by atoms with Crippen molar-refractivity contribution in [3.63, 3.8) is 0 Å². The van der Waals surface area contributed by atoms with Crippen LogP contribution in [-0.2, 0) is 10.4 Å². The van der Waals surface area contributed by atoms with Crippen molar-refractivity contribution in [3.8, 4) is 5.75 Å². The molecule has 0 fully saturated rings. The minimum Gasteiger partial charge on any atom is -1.00 e. The predicted molar refractivity (Wildman–Crippen MR) is 83.5 cm³/mol. The number of hydrogen-bond donors (Lipinski definition) is 2. The van der Waals surface area contributed by atoms with E-state index in [9.17, 15) is 18.3 Å². The van der Waals surface area contributed by atoms with Crippen LogP contribution in [-0.4, -0.2) is 32.1 Å². The fourth-order valence-electron chi connectivity index (χ4n) is 1.80. The number of benzene rings is 1. The zero-order chi connectivity index (χ0) is 16.6. The molecule has 6 nitrogen and oxygen atoms in total. The second kappa shape index (κ2) is 6.76. The minimum atomic E-state index is -4.80. The van der Waals surface area contributed by atoms with E-state index in [1.54, 1.807) is 12.1 Å². The quantitative estimate of drug-likeness (QED) is 0.561. The van der Waals surface area contributed by atoms with E-state index in [0.29, 0.717) is 5.19 Å². The largest absolute Gasteiger partial charge is 1.00 e. The third-order valence-corrected chi connectivity index (χ3v) is 9.85. The molecule has 0 bridgehead atoms. The van der Waals surface area contributed by atoms with Gasteiger partial charge in [0.25, 0.3) is 0 Å². The molecule has 0 saturated carbocycles. The Morgan fingerprint density at radius 3 is 2.14 bits per heavy atom. The van der Waals surface area contributed by atoms with Crippen LogP contribution in [0.25, 0.3) is 0 Å². The van der Waals surface area contributed by atoms with Gasteiger partial charge in [0.2, 0.25) is 0 Å². The third-order valence-electron chi connectivity index (χ3n) is 3.98. The molecule has 0 unspecified atom stereocenters. The predicted octanol–water partition coefficient (Wildman–Crippen LogP) is -0.602. The summed E-state index contributed by atoms with van der Waals surface area (Å²) in [5.41, 5.74) is -0.282. The van der Waals surface area contributed by atoms with Crippen molar-refractivity contribution in [2.45, 2.75) is 38.9 Å². The first kappa shape index (κ1) is 21.2. The van der Waals surface area contributed by atoms with Gasteiger partial charge in [-0.05, 0) is 16.3 Å². The summed E-state index contributed by atoms with van der Waals surface area (Å²) in [5, 5.41) is 9.58. The van der Waals surface area contributed by atoms with Crippen molar-refractivity contribution < 1.29 is 47.3 Å². The first-order valence-corrected chi connectivity index (χ1v) is 10.7. The average Bonchev–Trinajstić information content (AvgIpc) is 2.24. The Kier molecular flexibility index (Phi) is 6.52. The maximum atomic E-state index is 11.3. The summed E-state index contributed by atoms with van der Waals surface area (Å²) in [4.78, 5) is 11.3. The molecule has 0 aliphatic rings. The number of para-hydroxylation sites is 1. The van der Waals surface area contributed by atoms with Gasteiger partial charge in [0.05, 0.1) is 8.07 Å². The third kappa shape index (κ3) is 4.60. The van der Waals surface area contributed by atoms with Crippen LogP contribution in [0.15, 0.2) is 18.2 Å². The first-order valence-electron chi connectivity index (χ1n) is 6.31.